The smallest absolute Gasteiger partial charge is 0.127 e. The van der Waals surface area contributed by atoms with Crippen molar-refractivity contribution in [3.63, 3.8) is 0 Å². The van der Waals surface area contributed by atoms with E-state index in [1.165, 1.54) is 18.2 Å². The molecule has 2 atom stereocenters. The fourth-order valence-corrected chi connectivity index (χ4v) is 2.49. The van der Waals surface area contributed by atoms with Crippen molar-refractivity contribution < 1.29 is 13.5 Å². The first-order valence-electron chi connectivity index (χ1n) is 6.52. The van der Waals surface area contributed by atoms with Crippen LogP contribution in [-0.4, -0.2) is 0 Å². The van der Waals surface area contributed by atoms with E-state index >= 15 is 0 Å². The van der Waals surface area contributed by atoms with Gasteiger partial charge in [0.15, 0.2) is 0 Å². The number of ether oxygens (including phenoxy) is 1. The second kappa shape index (κ2) is 4.87. The Balaban J connectivity index is 1.96. The van der Waals surface area contributed by atoms with Crippen molar-refractivity contribution in [2.24, 2.45) is 5.73 Å². The zero-order valence-corrected chi connectivity index (χ0v) is 11.1. The van der Waals surface area contributed by atoms with Crippen molar-refractivity contribution in [3.8, 4) is 5.75 Å². The molecule has 1 aliphatic rings. The number of halogens is 2. The third-order valence-corrected chi connectivity index (χ3v) is 3.68. The summed E-state index contributed by atoms with van der Waals surface area (Å²) in [4.78, 5) is 0. The zero-order chi connectivity index (χ0) is 14.3. The molecule has 0 spiro atoms. The largest absolute Gasteiger partial charge is 0.485 e. The highest BCUT2D eigenvalue weighted by molar-refractivity contribution is 5.40. The van der Waals surface area contributed by atoms with E-state index in [0.29, 0.717) is 17.7 Å². The Bertz CT molecular complexity index is 657. The molecular weight excluding hydrogens is 260 g/mol. The normalized spacial score (nSPS) is 21.2. The lowest BCUT2D eigenvalue weighted by atomic mass is 9.93. The highest BCUT2D eigenvalue weighted by Crippen LogP contribution is 2.40. The molecule has 0 saturated heterocycles. The van der Waals surface area contributed by atoms with Gasteiger partial charge >= 0.3 is 0 Å². The lowest BCUT2D eigenvalue weighted by Gasteiger charge is -2.30. The van der Waals surface area contributed by atoms with Gasteiger partial charge in [0.1, 0.15) is 23.5 Å². The van der Waals surface area contributed by atoms with Crippen LogP contribution in [0.2, 0.25) is 0 Å². The Labute approximate surface area is 116 Å². The molecule has 1 aliphatic heterocycles. The van der Waals surface area contributed by atoms with Gasteiger partial charge in [-0.05, 0) is 30.2 Å². The van der Waals surface area contributed by atoms with Crippen LogP contribution in [-0.2, 0) is 0 Å². The monoisotopic (exact) mass is 275 g/mol. The first-order chi connectivity index (χ1) is 9.54. The van der Waals surface area contributed by atoms with Crippen molar-refractivity contribution in [1.82, 2.24) is 0 Å². The summed E-state index contributed by atoms with van der Waals surface area (Å²) in [6, 6.07) is 9.08. The quantitative estimate of drug-likeness (QED) is 0.859. The molecule has 2 aromatic rings. The Morgan fingerprint density at radius 3 is 2.70 bits per heavy atom. The summed E-state index contributed by atoms with van der Waals surface area (Å²) >= 11 is 0. The van der Waals surface area contributed by atoms with Gasteiger partial charge < -0.3 is 10.5 Å². The molecule has 0 fully saturated rings. The number of benzene rings is 2. The van der Waals surface area contributed by atoms with Gasteiger partial charge in [-0.1, -0.05) is 18.2 Å². The molecule has 0 saturated carbocycles. The number of aryl methyl sites for hydroxylation is 1. The molecule has 2 N–H and O–H groups in total. The highest BCUT2D eigenvalue weighted by Gasteiger charge is 2.27. The minimum absolute atomic E-state index is 0.242. The van der Waals surface area contributed by atoms with E-state index < -0.39 is 0 Å². The van der Waals surface area contributed by atoms with E-state index in [-0.39, 0.29) is 23.8 Å². The van der Waals surface area contributed by atoms with Crippen LogP contribution in [0, 0.1) is 18.6 Å². The molecule has 2 nitrogen and oxygen atoms in total. The Morgan fingerprint density at radius 1 is 1.15 bits per heavy atom. The van der Waals surface area contributed by atoms with Crippen LogP contribution >= 0.6 is 0 Å². The summed E-state index contributed by atoms with van der Waals surface area (Å²) in [5.41, 5.74) is 8.19. The molecule has 0 radical (unpaired) electrons. The predicted molar refractivity (Wildman–Crippen MR) is 72.5 cm³/mol. The van der Waals surface area contributed by atoms with E-state index in [1.54, 1.807) is 19.1 Å². The van der Waals surface area contributed by atoms with E-state index in [0.717, 1.165) is 11.1 Å². The number of hydrogen-bond donors (Lipinski definition) is 1. The fraction of sp³-hybridized carbons (Fsp3) is 0.250. The lowest BCUT2D eigenvalue weighted by molar-refractivity contribution is 0.160. The molecular formula is C16H15F2NO. The minimum atomic E-state index is -0.369. The van der Waals surface area contributed by atoms with Crippen LogP contribution in [0.3, 0.4) is 0 Å². The number of rotatable bonds is 1. The van der Waals surface area contributed by atoms with Gasteiger partial charge in [0, 0.05) is 24.1 Å². The fourth-order valence-electron chi connectivity index (χ4n) is 2.49. The second-order valence-electron chi connectivity index (χ2n) is 5.14. The van der Waals surface area contributed by atoms with E-state index in [9.17, 15) is 8.78 Å². The zero-order valence-electron chi connectivity index (χ0n) is 11.1. The van der Waals surface area contributed by atoms with Crippen molar-refractivity contribution in [1.29, 1.82) is 0 Å². The van der Waals surface area contributed by atoms with E-state index in [2.05, 4.69) is 0 Å². The van der Waals surface area contributed by atoms with E-state index in [4.69, 9.17) is 10.5 Å². The number of fused-ring (bicyclic) bond motifs is 1. The van der Waals surface area contributed by atoms with Gasteiger partial charge in [0.05, 0.1) is 0 Å². The lowest BCUT2D eigenvalue weighted by Crippen LogP contribution is -2.24. The van der Waals surface area contributed by atoms with Gasteiger partial charge in [0.25, 0.3) is 0 Å². The van der Waals surface area contributed by atoms with Gasteiger partial charge in [-0.2, -0.15) is 0 Å². The third-order valence-electron chi connectivity index (χ3n) is 3.68. The summed E-state index contributed by atoms with van der Waals surface area (Å²) in [5.74, 6) is -0.203. The van der Waals surface area contributed by atoms with Gasteiger partial charge in [-0.15, -0.1) is 0 Å². The Hall–Kier alpha value is -1.94. The molecule has 0 amide bonds. The minimum Gasteiger partial charge on any atom is -0.485 e. The molecule has 2 aromatic carbocycles. The Kier molecular flexibility index (Phi) is 3.18. The van der Waals surface area contributed by atoms with Crippen molar-refractivity contribution in [3.05, 3.63) is 64.7 Å². The van der Waals surface area contributed by atoms with Gasteiger partial charge in [0.2, 0.25) is 0 Å². The predicted octanol–water partition coefficient (Wildman–Crippen LogP) is 3.80. The first-order valence-corrected chi connectivity index (χ1v) is 6.52. The maximum Gasteiger partial charge on any atom is 0.127 e. The highest BCUT2D eigenvalue weighted by atomic mass is 19.1. The Morgan fingerprint density at radius 2 is 1.95 bits per heavy atom. The van der Waals surface area contributed by atoms with Gasteiger partial charge in [-0.25, -0.2) is 8.78 Å². The topological polar surface area (TPSA) is 35.2 Å². The first kappa shape index (κ1) is 13.1. The summed E-state index contributed by atoms with van der Waals surface area (Å²) < 4.78 is 32.7. The molecule has 104 valence electrons. The molecule has 1 unspecified atom stereocenters. The van der Waals surface area contributed by atoms with Crippen molar-refractivity contribution in [2.45, 2.75) is 25.5 Å². The van der Waals surface area contributed by atoms with Crippen LogP contribution in [0.1, 0.15) is 35.3 Å². The average molecular weight is 275 g/mol. The molecule has 1 heterocycles. The number of nitrogens with two attached hydrogens (primary N) is 1. The van der Waals surface area contributed by atoms with Crippen LogP contribution in [0.15, 0.2) is 36.4 Å². The molecule has 20 heavy (non-hydrogen) atoms. The SMILES string of the molecule is Cc1ccc(C2C[C@H](N)c3ccc(F)cc3O2)cc1F. The summed E-state index contributed by atoms with van der Waals surface area (Å²) in [6.07, 6.45) is 0.190. The molecule has 0 bridgehead atoms. The molecule has 0 aliphatic carbocycles. The van der Waals surface area contributed by atoms with Crippen molar-refractivity contribution in [2.75, 3.05) is 0 Å². The van der Waals surface area contributed by atoms with Crippen LogP contribution in [0.4, 0.5) is 8.78 Å². The summed E-state index contributed by atoms with van der Waals surface area (Å²) in [6.45, 7) is 1.71. The summed E-state index contributed by atoms with van der Waals surface area (Å²) in [5, 5.41) is 0. The van der Waals surface area contributed by atoms with E-state index in [1.807, 2.05) is 6.07 Å². The molecule has 4 heteroatoms. The average Bonchev–Trinajstić information content (AvgIpc) is 2.41. The molecule has 3 rings (SSSR count). The van der Waals surface area contributed by atoms with Crippen molar-refractivity contribution >= 4 is 0 Å². The second-order valence-corrected chi connectivity index (χ2v) is 5.14. The standard InChI is InChI=1S/C16H15F2NO/c1-9-2-3-10(6-13(9)18)15-8-14(19)12-5-4-11(17)7-16(12)20-15/h2-7,14-15H,8,19H2,1H3/t14-,15?/m0/s1. The number of hydrogen-bond acceptors (Lipinski definition) is 2. The molecule has 0 aromatic heterocycles. The van der Waals surface area contributed by atoms with Crippen LogP contribution in [0.25, 0.3) is 0 Å². The van der Waals surface area contributed by atoms with Crippen LogP contribution in [0.5, 0.6) is 5.75 Å². The van der Waals surface area contributed by atoms with Gasteiger partial charge in [-0.3, -0.25) is 0 Å². The maximum absolute atomic E-state index is 13.6. The maximum atomic E-state index is 13.6. The third kappa shape index (κ3) is 2.27. The van der Waals surface area contributed by atoms with Crippen LogP contribution < -0.4 is 10.5 Å². The summed E-state index contributed by atoms with van der Waals surface area (Å²) in [7, 11) is 0.